The highest BCUT2D eigenvalue weighted by atomic mass is 35.5. The molecular formula is C15H29ClN2OS. The third kappa shape index (κ3) is 5.45. The Balaban J connectivity index is 0.00000200. The molecule has 2 aliphatic rings. The summed E-state index contributed by atoms with van der Waals surface area (Å²) in [5.74, 6) is 3.08. The molecule has 118 valence electrons. The van der Waals surface area contributed by atoms with E-state index < -0.39 is 0 Å². The van der Waals surface area contributed by atoms with Crippen LogP contribution in [-0.4, -0.2) is 36.0 Å². The summed E-state index contributed by atoms with van der Waals surface area (Å²) in [6.07, 6.45) is 4.21. The molecule has 1 aliphatic carbocycles. The molecule has 1 heterocycles. The normalized spacial score (nSPS) is 33.0. The lowest BCUT2D eigenvalue weighted by molar-refractivity contribution is -0.123. The largest absolute Gasteiger partial charge is 0.353 e. The molecule has 2 N–H and O–H groups in total. The lowest BCUT2D eigenvalue weighted by atomic mass is 9.70. The van der Waals surface area contributed by atoms with Gasteiger partial charge in [-0.2, -0.15) is 11.8 Å². The van der Waals surface area contributed by atoms with Crippen LogP contribution in [0.25, 0.3) is 0 Å². The number of hydrogen-bond acceptors (Lipinski definition) is 3. The van der Waals surface area contributed by atoms with E-state index in [1.54, 1.807) is 0 Å². The summed E-state index contributed by atoms with van der Waals surface area (Å²) in [6, 6.07) is 0.755. The summed E-state index contributed by atoms with van der Waals surface area (Å²) in [5.41, 5.74) is 0.447. The zero-order valence-electron chi connectivity index (χ0n) is 12.9. The monoisotopic (exact) mass is 320 g/mol. The van der Waals surface area contributed by atoms with E-state index in [0.717, 1.165) is 18.7 Å². The molecule has 20 heavy (non-hydrogen) atoms. The Kier molecular flexibility index (Phi) is 7.16. The van der Waals surface area contributed by atoms with Gasteiger partial charge in [0.15, 0.2) is 0 Å². The van der Waals surface area contributed by atoms with Crippen LogP contribution in [0.1, 0.15) is 46.5 Å². The smallest absolute Gasteiger partial charge is 0.221 e. The molecule has 0 aromatic rings. The summed E-state index contributed by atoms with van der Waals surface area (Å²) < 4.78 is 0. The summed E-state index contributed by atoms with van der Waals surface area (Å²) in [5, 5.41) is 6.70. The van der Waals surface area contributed by atoms with Crippen molar-refractivity contribution in [3.05, 3.63) is 0 Å². The Morgan fingerprint density at radius 2 is 2.20 bits per heavy atom. The van der Waals surface area contributed by atoms with Gasteiger partial charge in [-0.1, -0.05) is 20.8 Å². The number of hydrogen-bond donors (Lipinski definition) is 2. The fourth-order valence-electron chi connectivity index (χ4n) is 3.40. The first kappa shape index (κ1) is 18.1. The standard InChI is InChI=1S/C15H28N2OS.ClH/c1-11-9-15(2,3)5-4-13(11)17-14(18)8-12-10-19-7-6-16-12;/h11-13,16H,4-10H2,1-3H3,(H,17,18);1H. The summed E-state index contributed by atoms with van der Waals surface area (Å²) in [6.45, 7) is 7.99. The van der Waals surface area contributed by atoms with Crippen molar-refractivity contribution < 1.29 is 4.79 Å². The lowest BCUT2D eigenvalue weighted by Crippen LogP contribution is -2.47. The van der Waals surface area contributed by atoms with Gasteiger partial charge in [0.1, 0.15) is 0 Å². The Bertz CT molecular complexity index is 319. The molecule has 1 aliphatic heterocycles. The van der Waals surface area contributed by atoms with Gasteiger partial charge in [-0.05, 0) is 30.6 Å². The van der Waals surface area contributed by atoms with E-state index in [1.807, 2.05) is 11.8 Å². The molecule has 3 unspecified atom stereocenters. The minimum atomic E-state index is 0. The first-order chi connectivity index (χ1) is 8.96. The number of carbonyl (C=O) groups is 1. The highest BCUT2D eigenvalue weighted by Gasteiger charge is 2.33. The van der Waals surface area contributed by atoms with Crippen LogP contribution in [0.15, 0.2) is 0 Å². The number of carbonyl (C=O) groups excluding carboxylic acids is 1. The zero-order chi connectivity index (χ0) is 13.9. The van der Waals surface area contributed by atoms with Crippen LogP contribution >= 0.6 is 24.2 Å². The van der Waals surface area contributed by atoms with Crippen LogP contribution in [0.3, 0.4) is 0 Å². The quantitative estimate of drug-likeness (QED) is 0.840. The van der Waals surface area contributed by atoms with Gasteiger partial charge in [0.25, 0.3) is 0 Å². The van der Waals surface area contributed by atoms with Crippen molar-refractivity contribution in [1.82, 2.24) is 10.6 Å². The van der Waals surface area contributed by atoms with E-state index >= 15 is 0 Å². The Morgan fingerprint density at radius 1 is 1.45 bits per heavy atom. The van der Waals surface area contributed by atoms with E-state index in [9.17, 15) is 4.79 Å². The first-order valence-electron chi connectivity index (χ1n) is 7.57. The van der Waals surface area contributed by atoms with Gasteiger partial charge in [-0.15, -0.1) is 12.4 Å². The van der Waals surface area contributed by atoms with Gasteiger partial charge in [-0.25, -0.2) is 0 Å². The highest BCUT2D eigenvalue weighted by molar-refractivity contribution is 7.99. The molecule has 3 atom stereocenters. The number of nitrogens with one attached hydrogen (secondary N) is 2. The third-order valence-corrected chi connectivity index (χ3v) is 5.60. The van der Waals surface area contributed by atoms with Gasteiger partial charge in [0.2, 0.25) is 5.91 Å². The van der Waals surface area contributed by atoms with Crippen LogP contribution < -0.4 is 10.6 Å². The number of thioether (sulfide) groups is 1. The third-order valence-electron chi connectivity index (χ3n) is 4.47. The van der Waals surface area contributed by atoms with E-state index in [-0.39, 0.29) is 18.3 Å². The van der Waals surface area contributed by atoms with Crippen molar-refractivity contribution in [2.24, 2.45) is 11.3 Å². The second kappa shape index (κ2) is 7.90. The van der Waals surface area contributed by atoms with E-state index in [0.29, 0.717) is 29.8 Å². The van der Waals surface area contributed by atoms with E-state index in [2.05, 4.69) is 31.4 Å². The van der Waals surface area contributed by atoms with Crippen LogP contribution in [0.2, 0.25) is 0 Å². The van der Waals surface area contributed by atoms with Crippen molar-refractivity contribution in [1.29, 1.82) is 0 Å². The Hall–Kier alpha value is 0.0700. The molecule has 0 radical (unpaired) electrons. The molecule has 1 amide bonds. The van der Waals surface area contributed by atoms with Crippen molar-refractivity contribution >= 4 is 30.1 Å². The molecule has 0 aromatic carbocycles. The highest BCUT2D eigenvalue weighted by Crippen LogP contribution is 2.38. The maximum Gasteiger partial charge on any atom is 0.221 e. The summed E-state index contributed by atoms with van der Waals surface area (Å²) in [4.78, 5) is 12.1. The minimum Gasteiger partial charge on any atom is -0.353 e. The van der Waals surface area contributed by atoms with Crippen molar-refractivity contribution in [3.63, 3.8) is 0 Å². The van der Waals surface area contributed by atoms with Crippen LogP contribution in [0, 0.1) is 11.3 Å². The SMILES string of the molecule is CC1CC(C)(C)CCC1NC(=O)CC1CSCCN1.Cl. The molecule has 0 bridgehead atoms. The number of halogens is 1. The molecule has 5 heteroatoms. The predicted molar refractivity (Wildman–Crippen MR) is 89.7 cm³/mol. The molecule has 2 fully saturated rings. The summed E-state index contributed by atoms with van der Waals surface area (Å²) >= 11 is 1.95. The van der Waals surface area contributed by atoms with E-state index in [4.69, 9.17) is 0 Å². The molecule has 1 saturated heterocycles. The maximum atomic E-state index is 12.1. The fraction of sp³-hybridized carbons (Fsp3) is 0.933. The average molecular weight is 321 g/mol. The Labute approximate surface area is 133 Å². The molecule has 3 nitrogen and oxygen atoms in total. The topological polar surface area (TPSA) is 41.1 Å². The lowest BCUT2D eigenvalue weighted by Gasteiger charge is -2.39. The average Bonchev–Trinajstić information content (AvgIpc) is 2.33. The van der Waals surface area contributed by atoms with Gasteiger partial charge >= 0.3 is 0 Å². The maximum absolute atomic E-state index is 12.1. The van der Waals surface area contributed by atoms with Crippen LogP contribution in [0.5, 0.6) is 0 Å². The molecule has 0 spiro atoms. The predicted octanol–water partition coefficient (Wildman–Crippen LogP) is 2.83. The van der Waals surface area contributed by atoms with Crippen molar-refractivity contribution in [2.45, 2.75) is 58.5 Å². The van der Waals surface area contributed by atoms with Gasteiger partial charge in [0, 0.05) is 36.6 Å². The van der Waals surface area contributed by atoms with Gasteiger partial charge in [-0.3, -0.25) is 4.79 Å². The van der Waals surface area contributed by atoms with Crippen molar-refractivity contribution in [3.8, 4) is 0 Å². The van der Waals surface area contributed by atoms with E-state index in [1.165, 1.54) is 18.6 Å². The minimum absolute atomic E-state index is 0. The van der Waals surface area contributed by atoms with Crippen LogP contribution in [0.4, 0.5) is 0 Å². The number of rotatable bonds is 3. The fourth-order valence-corrected chi connectivity index (χ4v) is 4.35. The summed E-state index contributed by atoms with van der Waals surface area (Å²) in [7, 11) is 0. The second-order valence-electron chi connectivity index (χ2n) is 6.99. The second-order valence-corrected chi connectivity index (χ2v) is 8.14. The van der Waals surface area contributed by atoms with Crippen LogP contribution in [-0.2, 0) is 4.79 Å². The van der Waals surface area contributed by atoms with Gasteiger partial charge < -0.3 is 10.6 Å². The zero-order valence-corrected chi connectivity index (χ0v) is 14.5. The molecule has 1 saturated carbocycles. The molecule has 0 aromatic heterocycles. The molecule has 2 rings (SSSR count). The number of amides is 1. The van der Waals surface area contributed by atoms with Crippen molar-refractivity contribution in [2.75, 3.05) is 18.1 Å². The Morgan fingerprint density at radius 3 is 2.80 bits per heavy atom. The van der Waals surface area contributed by atoms with Gasteiger partial charge in [0.05, 0.1) is 0 Å². The first-order valence-corrected chi connectivity index (χ1v) is 8.72. The molecular weight excluding hydrogens is 292 g/mol.